The lowest BCUT2D eigenvalue weighted by Gasteiger charge is -2.02. The van der Waals surface area contributed by atoms with Gasteiger partial charge >= 0.3 is 0 Å². The van der Waals surface area contributed by atoms with E-state index < -0.39 is 0 Å². The average molecular weight is 253 g/mol. The molecule has 0 rings (SSSR count). The molecular weight excluding hydrogens is 220 g/mol. The minimum absolute atomic E-state index is 1.12. The maximum absolute atomic E-state index is 4.74. The summed E-state index contributed by atoms with van der Waals surface area (Å²) in [6.07, 6.45) is 22.8. The fourth-order valence-electron chi connectivity index (χ4n) is 2.23. The van der Waals surface area contributed by atoms with Gasteiger partial charge in [0.2, 0.25) is 0 Å². The van der Waals surface area contributed by atoms with E-state index in [1.165, 1.54) is 77.0 Å². The van der Waals surface area contributed by atoms with Gasteiger partial charge in [-0.15, -0.1) is 0 Å². The van der Waals surface area contributed by atoms with Crippen LogP contribution in [0.3, 0.4) is 0 Å². The Kier molecular flexibility index (Phi) is 16.1. The lowest BCUT2D eigenvalue weighted by atomic mass is 10.0. The monoisotopic (exact) mass is 253 g/mol. The van der Waals surface area contributed by atoms with Crippen LogP contribution in [0.2, 0.25) is 0 Å². The Morgan fingerprint density at radius 1 is 0.722 bits per heavy atom. The second-order valence-electron chi connectivity index (χ2n) is 5.20. The van der Waals surface area contributed by atoms with Crippen molar-refractivity contribution in [2.75, 3.05) is 7.11 Å². The third-order valence-electron chi connectivity index (χ3n) is 3.40. The molecule has 0 N–H and O–H groups in total. The van der Waals surface area contributed by atoms with Crippen LogP contribution in [0.25, 0.3) is 0 Å². The molecule has 0 saturated heterocycles. The minimum atomic E-state index is 1.12. The first-order chi connectivity index (χ1) is 8.91. The highest BCUT2D eigenvalue weighted by Crippen LogP contribution is 2.12. The van der Waals surface area contributed by atoms with Crippen molar-refractivity contribution in [3.8, 4) is 0 Å². The number of ether oxygens (including phenoxy) is 1. The van der Waals surface area contributed by atoms with Crippen molar-refractivity contribution < 1.29 is 4.74 Å². The topological polar surface area (TPSA) is 9.23 Å². The van der Waals surface area contributed by atoms with Crippen LogP contribution >= 0.6 is 0 Å². The summed E-state index contributed by atoms with van der Waals surface area (Å²) >= 11 is 0. The molecule has 0 spiro atoms. The van der Waals surface area contributed by atoms with Gasteiger partial charge in [0.15, 0.2) is 6.26 Å². The summed E-state index contributed by atoms with van der Waals surface area (Å²) in [5, 5.41) is 0. The molecule has 0 aliphatic rings. The van der Waals surface area contributed by atoms with Crippen LogP contribution in [-0.4, -0.2) is 7.11 Å². The molecular formula is C17H33O. The molecule has 0 atom stereocenters. The molecule has 0 amide bonds. The van der Waals surface area contributed by atoms with Crippen LogP contribution < -0.4 is 0 Å². The highest BCUT2D eigenvalue weighted by atomic mass is 16.5. The molecule has 0 heterocycles. The van der Waals surface area contributed by atoms with E-state index in [0.717, 1.165) is 6.42 Å². The molecule has 1 radical (unpaired) electrons. The normalized spacial score (nSPS) is 11.2. The molecule has 0 aromatic heterocycles. The van der Waals surface area contributed by atoms with Crippen molar-refractivity contribution in [2.45, 2.75) is 90.4 Å². The first kappa shape index (κ1) is 17.5. The summed E-state index contributed by atoms with van der Waals surface area (Å²) in [5.41, 5.74) is 0. The van der Waals surface area contributed by atoms with Crippen molar-refractivity contribution in [3.05, 3.63) is 12.3 Å². The van der Waals surface area contributed by atoms with Crippen molar-refractivity contribution >= 4 is 0 Å². The molecule has 0 bridgehead atoms. The Hall–Kier alpha value is -0.460. The van der Waals surface area contributed by atoms with E-state index in [0.29, 0.717) is 0 Å². The lowest BCUT2D eigenvalue weighted by Crippen LogP contribution is -1.82. The third kappa shape index (κ3) is 15.5. The summed E-state index contributed by atoms with van der Waals surface area (Å²) in [7, 11) is 1.65. The van der Waals surface area contributed by atoms with Crippen LogP contribution in [0.1, 0.15) is 90.4 Å². The molecule has 0 aromatic rings. The van der Waals surface area contributed by atoms with Gasteiger partial charge in [-0.1, -0.05) is 77.6 Å². The zero-order valence-electron chi connectivity index (χ0n) is 12.7. The quantitative estimate of drug-likeness (QED) is 0.271. The van der Waals surface area contributed by atoms with Gasteiger partial charge in [-0.05, 0) is 18.9 Å². The van der Waals surface area contributed by atoms with E-state index in [9.17, 15) is 0 Å². The molecule has 0 aromatic carbocycles. The number of hydrogen-bond acceptors (Lipinski definition) is 1. The Labute approximate surface area is 115 Å². The van der Waals surface area contributed by atoms with Crippen LogP contribution in [-0.2, 0) is 4.74 Å². The molecule has 0 aliphatic heterocycles. The Bertz CT molecular complexity index is 163. The molecule has 107 valence electrons. The van der Waals surface area contributed by atoms with E-state index in [4.69, 9.17) is 4.74 Å². The number of hydrogen-bond donors (Lipinski definition) is 0. The molecule has 1 nitrogen and oxygen atoms in total. The Morgan fingerprint density at radius 3 is 1.61 bits per heavy atom. The van der Waals surface area contributed by atoms with Crippen molar-refractivity contribution in [2.24, 2.45) is 0 Å². The smallest absolute Gasteiger partial charge is 0.156 e. The number of allylic oxidation sites excluding steroid dienone is 1. The van der Waals surface area contributed by atoms with Gasteiger partial charge < -0.3 is 4.74 Å². The van der Waals surface area contributed by atoms with Gasteiger partial charge in [-0.25, -0.2) is 0 Å². The number of methoxy groups -OCH3 is 1. The zero-order chi connectivity index (χ0) is 13.3. The first-order valence-corrected chi connectivity index (χ1v) is 8.02. The van der Waals surface area contributed by atoms with E-state index in [-0.39, 0.29) is 0 Å². The van der Waals surface area contributed by atoms with Crippen LogP contribution in [0.4, 0.5) is 0 Å². The maximum atomic E-state index is 4.74. The van der Waals surface area contributed by atoms with Gasteiger partial charge in [0.1, 0.15) is 0 Å². The lowest BCUT2D eigenvalue weighted by molar-refractivity contribution is 0.311. The SMILES string of the molecule is CCCCCCCCCCCCCC/C=[C]\OC. The van der Waals surface area contributed by atoms with Crippen LogP contribution in [0.15, 0.2) is 6.08 Å². The van der Waals surface area contributed by atoms with Crippen molar-refractivity contribution in [3.63, 3.8) is 0 Å². The fourth-order valence-corrected chi connectivity index (χ4v) is 2.23. The third-order valence-corrected chi connectivity index (χ3v) is 3.40. The van der Waals surface area contributed by atoms with Gasteiger partial charge in [-0.2, -0.15) is 0 Å². The minimum Gasteiger partial charge on any atom is -0.493 e. The Balaban J connectivity index is 2.92. The molecule has 0 fully saturated rings. The predicted octanol–water partition coefficient (Wildman–Crippen LogP) is 6.04. The second kappa shape index (κ2) is 16.5. The van der Waals surface area contributed by atoms with Crippen molar-refractivity contribution in [1.82, 2.24) is 0 Å². The maximum Gasteiger partial charge on any atom is 0.156 e. The second-order valence-corrected chi connectivity index (χ2v) is 5.20. The van der Waals surface area contributed by atoms with Gasteiger partial charge in [0.25, 0.3) is 0 Å². The van der Waals surface area contributed by atoms with E-state index >= 15 is 0 Å². The van der Waals surface area contributed by atoms with Gasteiger partial charge in [0, 0.05) is 0 Å². The molecule has 0 unspecified atom stereocenters. The predicted molar refractivity (Wildman–Crippen MR) is 80.5 cm³/mol. The standard InChI is InChI=1S/C17H33O/c1-3-4-5-6-7-8-9-10-11-12-13-14-15-16-17-18-2/h16H,3-15H2,1-2H3. The van der Waals surface area contributed by atoms with Gasteiger partial charge in [-0.3, -0.25) is 0 Å². The highest BCUT2D eigenvalue weighted by molar-refractivity contribution is 4.66. The summed E-state index contributed by atoms with van der Waals surface area (Å²) in [6.45, 7) is 2.28. The summed E-state index contributed by atoms with van der Waals surface area (Å²) in [6, 6.07) is 0. The highest BCUT2D eigenvalue weighted by Gasteiger charge is 1.92. The fraction of sp³-hybridized carbons (Fsp3) is 0.882. The summed E-state index contributed by atoms with van der Waals surface area (Å²) in [4.78, 5) is 0. The van der Waals surface area contributed by atoms with E-state index in [2.05, 4.69) is 13.2 Å². The van der Waals surface area contributed by atoms with E-state index in [1.54, 1.807) is 7.11 Å². The van der Waals surface area contributed by atoms with Gasteiger partial charge in [0.05, 0.1) is 7.11 Å². The first-order valence-electron chi connectivity index (χ1n) is 8.02. The summed E-state index contributed by atoms with van der Waals surface area (Å²) < 4.78 is 4.74. The molecule has 18 heavy (non-hydrogen) atoms. The zero-order valence-corrected chi connectivity index (χ0v) is 12.7. The average Bonchev–Trinajstić information content (AvgIpc) is 2.39. The largest absolute Gasteiger partial charge is 0.493 e. The molecule has 0 saturated carbocycles. The number of rotatable bonds is 14. The summed E-state index contributed by atoms with van der Waals surface area (Å²) in [5.74, 6) is 0. The number of unbranched alkanes of at least 4 members (excludes halogenated alkanes) is 12. The van der Waals surface area contributed by atoms with Crippen molar-refractivity contribution in [1.29, 1.82) is 0 Å². The van der Waals surface area contributed by atoms with Crippen LogP contribution in [0, 0.1) is 6.26 Å². The Morgan fingerprint density at radius 2 is 1.17 bits per heavy atom. The molecule has 1 heteroatoms. The molecule has 0 aliphatic carbocycles. The van der Waals surface area contributed by atoms with Crippen LogP contribution in [0.5, 0.6) is 0 Å². The van der Waals surface area contributed by atoms with E-state index in [1.807, 2.05) is 6.08 Å².